The number of hydrogen-bond donors (Lipinski definition) is 1. The molecule has 2 nitrogen and oxygen atoms in total. The molecule has 0 amide bonds. The molecule has 0 bridgehead atoms. The predicted molar refractivity (Wildman–Crippen MR) is 83.4 cm³/mol. The molecule has 1 N–H and O–H groups in total. The first-order chi connectivity index (χ1) is 9.85. The van der Waals surface area contributed by atoms with E-state index in [1.165, 1.54) is 28.2 Å². The fourth-order valence-corrected chi connectivity index (χ4v) is 3.08. The molecule has 0 aliphatic heterocycles. The van der Waals surface area contributed by atoms with Crippen LogP contribution in [0.2, 0.25) is 0 Å². The van der Waals surface area contributed by atoms with Crippen LogP contribution in [0.5, 0.6) is 5.75 Å². The van der Waals surface area contributed by atoms with Crippen molar-refractivity contribution in [3.8, 4) is 5.75 Å². The first-order valence-corrected chi connectivity index (χ1v) is 7.80. The van der Waals surface area contributed by atoms with E-state index < -0.39 is 0 Å². The van der Waals surface area contributed by atoms with Crippen LogP contribution in [0.4, 0.5) is 0 Å². The zero-order valence-corrected chi connectivity index (χ0v) is 12.5. The summed E-state index contributed by atoms with van der Waals surface area (Å²) in [5.74, 6) is 0.906. The molecule has 0 heterocycles. The Morgan fingerprint density at radius 1 is 1.15 bits per heavy atom. The second kappa shape index (κ2) is 6.33. The van der Waals surface area contributed by atoms with Crippen molar-refractivity contribution in [1.29, 1.82) is 0 Å². The first-order valence-electron chi connectivity index (χ1n) is 6.98. The summed E-state index contributed by atoms with van der Waals surface area (Å²) in [6.45, 7) is 0.956. The molecule has 0 aromatic heterocycles. The standard InChI is InChI=1S/C17H19NOS/c1-19-15-6-4-7-16(11-15)20-17-8-3-2-5-13(17)12-18-14-9-10-14/h2-8,11,14,18H,9-10,12H2,1H3. The Labute approximate surface area is 124 Å². The predicted octanol–water partition coefficient (Wildman–Crippen LogP) is 4.10. The minimum atomic E-state index is 0.741. The smallest absolute Gasteiger partial charge is 0.119 e. The summed E-state index contributed by atoms with van der Waals surface area (Å²) >= 11 is 1.80. The highest BCUT2D eigenvalue weighted by Gasteiger charge is 2.20. The molecule has 2 aromatic carbocycles. The van der Waals surface area contributed by atoms with Gasteiger partial charge in [-0.05, 0) is 42.7 Å². The number of nitrogens with one attached hydrogen (secondary N) is 1. The Bertz CT molecular complexity index is 581. The van der Waals surface area contributed by atoms with E-state index in [4.69, 9.17) is 4.74 Å². The highest BCUT2D eigenvalue weighted by atomic mass is 32.2. The summed E-state index contributed by atoms with van der Waals surface area (Å²) in [4.78, 5) is 2.53. The van der Waals surface area contributed by atoms with E-state index in [1.54, 1.807) is 18.9 Å². The van der Waals surface area contributed by atoms with Crippen LogP contribution in [-0.4, -0.2) is 13.2 Å². The van der Waals surface area contributed by atoms with E-state index in [1.807, 2.05) is 12.1 Å². The topological polar surface area (TPSA) is 21.3 Å². The molecule has 1 saturated carbocycles. The fourth-order valence-electron chi connectivity index (χ4n) is 2.08. The lowest BCUT2D eigenvalue weighted by Gasteiger charge is -2.10. The van der Waals surface area contributed by atoms with Gasteiger partial charge in [-0.1, -0.05) is 36.0 Å². The number of rotatable bonds is 6. The summed E-state index contributed by atoms with van der Waals surface area (Å²) in [6.07, 6.45) is 2.65. The minimum absolute atomic E-state index is 0.741. The molecule has 0 radical (unpaired) electrons. The highest BCUT2D eigenvalue weighted by Crippen LogP contribution is 2.32. The van der Waals surface area contributed by atoms with Gasteiger partial charge in [0, 0.05) is 22.4 Å². The van der Waals surface area contributed by atoms with Gasteiger partial charge in [-0.25, -0.2) is 0 Å². The van der Waals surface area contributed by atoms with Crippen molar-refractivity contribution in [2.24, 2.45) is 0 Å². The minimum Gasteiger partial charge on any atom is -0.497 e. The van der Waals surface area contributed by atoms with Crippen molar-refractivity contribution >= 4 is 11.8 Å². The summed E-state index contributed by atoms with van der Waals surface area (Å²) < 4.78 is 5.28. The van der Waals surface area contributed by atoms with Gasteiger partial charge < -0.3 is 10.1 Å². The van der Waals surface area contributed by atoms with Gasteiger partial charge in [-0.15, -0.1) is 0 Å². The normalized spacial score (nSPS) is 14.2. The van der Waals surface area contributed by atoms with Crippen molar-refractivity contribution in [2.75, 3.05) is 7.11 Å². The first kappa shape index (κ1) is 13.5. The molecule has 2 aromatic rings. The highest BCUT2D eigenvalue weighted by molar-refractivity contribution is 7.99. The molecule has 0 spiro atoms. The molecule has 1 fully saturated rings. The van der Waals surface area contributed by atoms with Crippen LogP contribution in [0.25, 0.3) is 0 Å². The van der Waals surface area contributed by atoms with Crippen molar-refractivity contribution in [2.45, 2.75) is 35.2 Å². The van der Waals surface area contributed by atoms with Gasteiger partial charge in [-0.2, -0.15) is 0 Å². The van der Waals surface area contributed by atoms with E-state index >= 15 is 0 Å². The van der Waals surface area contributed by atoms with Gasteiger partial charge in [0.1, 0.15) is 5.75 Å². The summed E-state index contributed by atoms with van der Waals surface area (Å²) in [5, 5.41) is 3.58. The van der Waals surface area contributed by atoms with Crippen LogP contribution in [0.3, 0.4) is 0 Å². The molecule has 0 unspecified atom stereocenters. The summed E-state index contributed by atoms with van der Waals surface area (Å²) in [5.41, 5.74) is 1.37. The molecule has 0 atom stereocenters. The Morgan fingerprint density at radius 3 is 2.80 bits per heavy atom. The molecule has 3 rings (SSSR count). The zero-order valence-electron chi connectivity index (χ0n) is 11.6. The number of hydrogen-bond acceptors (Lipinski definition) is 3. The van der Waals surface area contributed by atoms with E-state index in [-0.39, 0.29) is 0 Å². The van der Waals surface area contributed by atoms with E-state index in [0.29, 0.717) is 0 Å². The third-order valence-electron chi connectivity index (χ3n) is 3.40. The Kier molecular flexibility index (Phi) is 4.28. The maximum absolute atomic E-state index is 5.28. The number of ether oxygens (including phenoxy) is 1. The Balaban J connectivity index is 1.74. The maximum Gasteiger partial charge on any atom is 0.119 e. The second-order valence-electron chi connectivity index (χ2n) is 5.04. The van der Waals surface area contributed by atoms with Gasteiger partial charge in [0.25, 0.3) is 0 Å². The molecule has 1 aliphatic carbocycles. The molecule has 20 heavy (non-hydrogen) atoms. The quantitative estimate of drug-likeness (QED) is 0.863. The van der Waals surface area contributed by atoms with Crippen LogP contribution in [-0.2, 0) is 6.54 Å². The van der Waals surface area contributed by atoms with E-state index in [0.717, 1.165) is 18.3 Å². The lowest BCUT2D eigenvalue weighted by molar-refractivity contribution is 0.413. The Morgan fingerprint density at radius 2 is 2.00 bits per heavy atom. The lowest BCUT2D eigenvalue weighted by atomic mass is 10.2. The van der Waals surface area contributed by atoms with Crippen LogP contribution < -0.4 is 10.1 Å². The zero-order chi connectivity index (χ0) is 13.8. The van der Waals surface area contributed by atoms with Crippen molar-refractivity contribution < 1.29 is 4.74 Å². The van der Waals surface area contributed by atoms with Gasteiger partial charge in [0.2, 0.25) is 0 Å². The van der Waals surface area contributed by atoms with Gasteiger partial charge >= 0.3 is 0 Å². The Hall–Kier alpha value is -1.45. The molecule has 104 valence electrons. The van der Waals surface area contributed by atoms with Crippen molar-refractivity contribution in [3.05, 3.63) is 54.1 Å². The monoisotopic (exact) mass is 285 g/mol. The van der Waals surface area contributed by atoms with Crippen LogP contribution in [0.1, 0.15) is 18.4 Å². The third-order valence-corrected chi connectivity index (χ3v) is 4.51. The lowest BCUT2D eigenvalue weighted by Crippen LogP contribution is -2.15. The molecular formula is C17H19NOS. The average molecular weight is 285 g/mol. The third kappa shape index (κ3) is 3.56. The molecule has 0 saturated heterocycles. The maximum atomic E-state index is 5.28. The van der Waals surface area contributed by atoms with Gasteiger partial charge in [0.15, 0.2) is 0 Å². The van der Waals surface area contributed by atoms with Crippen LogP contribution in [0, 0.1) is 0 Å². The van der Waals surface area contributed by atoms with Crippen molar-refractivity contribution in [1.82, 2.24) is 5.32 Å². The number of benzene rings is 2. The van der Waals surface area contributed by atoms with Gasteiger partial charge in [-0.3, -0.25) is 0 Å². The molecular weight excluding hydrogens is 266 g/mol. The summed E-state index contributed by atoms with van der Waals surface area (Å²) in [6, 6.07) is 17.6. The van der Waals surface area contributed by atoms with Crippen molar-refractivity contribution in [3.63, 3.8) is 0 Å². The summed E-state index contributed by atoms with van der Waals surface area (Å²) in [7, 11) is 1.71. The van der Waals surface area contributed by atoms with Crippen LogP contribution in [0.15, 0.2) is 58.3 Å². The van der Waals surface area contributed by atoms with E-state index in [2.05, 4.69) is 41.7 Å². The largest absolute Gasteiger partial charge is 0.497 e. The van der Waals surface area contributed by atoms with E-state index in [9.17, 15) is 0 Å². The number of methoxy groups -OCH3 is 1. The fraction of sp³-hybridized carbons (Fsp3) is 0.294. The SMILES string of the molecule is COc1cccc(Sc2ccccc2CNC2CC2)c1. The molecule has 1 aliphatic rings. The van der Waals surface area contributed by atoms with Crippen LogP contribution >= 0.6 is 11.8 Å². The molecule has 3 heteroatoms. The van der Waals surface area contributed by atoms with Gasteiger partial charge in [0.05, 0.1) is 7.11 Å². The second-order valence-corrected chi connectivity index (χ2v) is 6.16. The average Bonchev–Trinajstić information content (AvgIpc) is 3.31.